The lowest BCUT2D eigenvalue weighted by atomic mass is 10.1. The van der Waals surface area contributed by atoms with Gasteiger partial charge < -0.3 is 0 Å². The van der Waals surface area contributed by atoms with Crippen molar-refractivity contribution in [1.29, 1.82) is 0 Å². The first-order chi connectivity index (χ1) is 7.56. The molecule has 0 aliphatic carbocycles. The summed E-state index contributed by atoms with van der Waals surface area (Å²) in [6.07, 6.45) is 1.64. The molecule has 1 aromatic rings. The topological polar surface area (TPSA) is 17.1 Å². The number of rotatable bonds is 5. The lowest BCUT2D eigenvalue weighted by molar-refractivity contribution is 0.0979. The van der Waals surface area contributed by atoms with Gasteiger partial charge in [0.25, 0.3) is 0 Å². The minimum atomic E-state index is -1.54. The van der Waals surface area contributed by atoms with Crippen molar-refractivity contribution in [2.24, 2.45) is 0 Å². The molecule has 0 unspecified atom stereocenters. The van der Waals surface area contributed by atoms with Crippen LogP contribution in [0.5, 0.6) is 0 Å². The van der Waals surface area contributed by atoms with Gasteiger partial charge in [0, 0.05) is 17.3 Å². The summed E-state index contributed by atoms with van der Waals surface area (Å²) >= 11 is 3.21. The maximum Gasteiger partial charge on any atom is 0.194 e. The Morgan fingerprint density at radius 3 is 2.19 bits per heavy atom. The average Bonchev–Trinajstić information content (AvgIpc) is 2.25. The van der Waals surface area contributed by atoms with Gasteiger partial charge in [-0.25, -0.2) is 13.2 Å². The molecule has 1 nitrogen and oxygen atoms in total. The lowest BCUT2D eigenvalue weighted by Crippen LogP contribution is -2.03. The monoisotopic (exact) mass is 294 g/mol. The lowest BCUT2D eigenvalue weighted by Gasteiger charge is -2.02. The molecule has 0 spiro atoms. The van der Waals surface area contributed by atoms with Crippen molar-refractivity contribution in [3.8, 4) is 0 Å². The molecule has 0 heterocycles. The summed E-state index contributed by atoms with van der Waals surface area (Å²) in [4.78, 5) is 11.5. The molecule has 0 atom stereocenters. The molecule has 88 valence electrons. The summed E-state index contributed by atoms with van der Waals surface area (Å²) in [5.74, 6) is -4.58. The molecule has 0 saturated carbocycles. The predicted molar refractivity (Wildman–Crippen MR) is 58.3 cm³/mol. The quantitative estimate of drug-likeness (QED) is 0.349. The van der Waals surface area contributed by atoms with E-state index in [1.54, 1.807) is 0 Å². The van der Waals surface area contributed by atoms with Crippen LogP contribution in [-0.2, 0) is 0 Å². The third-order valence-corrected chi connectivity index (χ3v) is 2.65. The van der Waals surface area contributed by atoms with E-state index in [1.165, 1.54) is 0 Å². The fourth-order valence-electron chi connectivity index (χ4n) is 1.24. The maximum atomic E-state index is 12.8. The van der Waals surface area contributed by atoms with Crippen molar-refractivity contribution in [3.63, 3.8) is 0 Å². The molecule has 0 bridgehead atoms. The Labute approximate surface area is 99.8 Å². The first-order valence-electron chi connectivity index (χ1n) is 4.80. The normalized spacial score (nSPS) is 10.5. The molecule has 16 heavy (non-hydrogen) atoms. The SMILES string of the molecule is O=C(CCCCBr)c1cc(F)c(F)c(F)c1. The van der Waals surface area contributed by atoms with Gasteiger partial charge in [0.1, 0.15) is 0 Å². The summed E-state index contributed by atoms with van der Waals surface area (Å²) in [5.41, 5.74) is -0.119. The van der Waals surface area contributed by atoms with Crippen LogP contribution >= 0.6 is 15.9 Å². The van der Waals surface area contributed by atoms with Crippen molar-refractivity contribution in [1.82, 2.24) is 0 Å². The smallest absolute Gasteiger partial charge is 0.194 e. The molecule has 0 saturated heterocycles. The molecule has 0 amide bonds. The van der Waals surface area contributed by atoms with Crippen molar-refractivity contribution in [2.45, 2.75) is 19.3 Å². The summed E-state index contributed by atoms with van der Waals surface area (Å²) in [5, 5.41) is 0.770. The molecule has 1 rings (SSSR count). The van der Waals surface area contributed by atoms with E-state index in [-0.39, 0.29) is 17.8 Å². The standard InChI is InChI=1S/C11H10BrF3O/c12-4-2-1-3-10(16)7-5-8(13)11(15)9(14)6-7/h5-6H,1-4H2. The second-order valence-corrected chi connectivity index (χ2v) is 4.12. The first kappa shape index (κ1) is 13.2. The Kier molecular flexibility index (Phi) is 4.99. The van der Waals surface area contributed by atoms with Gasteiger partial charge in [0.15, 0.2) is 23.2 Å². The molecular formula is C11H10BrF3O. The van der Waals surface area contributed by atoms with Gasteiger partial charge in [-0.1, -0.05) is 15.9 Å². The Bertz CT molecular complexity index is 370. The van der Waals surface area contributed by atoms with Gasteiger partial charge in [-0.3, -0.25) is 4.79 Å². The highest BCUT2D eigenvalue weighted by Gasteiger charge is 2.14. The number of unbranched alkanes of at least 4 members (excludes halogenated alkanes) is 1. The van der Waals surface area contributed by atoms with Crippen LogP contribution in [0, 0.1) is 17.5 Å². The molecule has 0 aliphatic heterocycles. The summed E-state index contributed by atoms with van der Waals surface area (Å²) in [6, 6.07) is 1.46. The van der Waals surface area contributed by atoms with E-state index in [0.29, 0.717) is 6.42 Å². The average molecular weight is 295 g/mol. The molecule has 0 aromatic heterocycles. The van der Waals surface area contributed by atoms with E-state index >= 15 is 0 Å². The van der Waals surface area contributed by atoms with Crippen molar-refractivity contribution in [2.75, 3.05) is 5.33 Å². The van der Waals surface area contributed by atoms with Crippen LogP contribution in [0.1, 0.15) is 29.6 Å². The highest BCUT2D eigenvalue weighted by molar-refractivity contribution is 9.09. The Balaban J connectivity index is 2.76. The number of Topliss-reactive ketones (excluding diaryl/α,β-unsaturated/α-hetero) is 1. The third kappa shape index (κ3) is 3.33. The number of carbonyl (C=O) groups is 1. The second-order valence-electron chi connectivity index (χ2n) is 3.32. The number of benzene rings is 1. The van der Waals surface area contributed by atoms with E-state index < -0.39 is 17.5 Å². The number of ketones is 1. The van der Waals surface area contributed by atoms with Crippen LogP contribution in [-0.4, -0.2) is 11.1 Å². The Hall–Kier alpha value is -0.840. The zero-order chi connectivity index (χ0) is 12.1. The van der Waals surface area contributed by atoms with Gasteiger partial charge in [0.2, 0.25) is 0 Å². The molecule has 0 N–H and O–H groups in total. The fraction of sp³-hybridized carbons (Fsp3) is 0.364. The van der Waals surface area contributed by atoms with Crippen molar-refractivity contribution < 1.29 is 18.0 Å². The zero-order valence-corrected chi connectivity index (χ0v) is 9.99. The summed E-state index contributed by atoms with van der Waals surface area (Å²) < 4.78 is 38.2. The Morgan fingerprint density at radius 1 is 1.12 bits per heavy atom. The van der Waals surface area contributed by atoms with Gasteiger partial charge in [-0.05, 0) is 25.0 Å². The zero-order valence-electron chi connectivity index (χ0n) is 8.40. The molecule has 0 fully saturated rings. The minimum absolute atomic E-state index is 0.119. The highest BCUT2D eigenvalue weighted by atomic mass is 79.9. The van der Waals surface area contributed by atoms with Gasteiger partial charge in [0.05, 0.1) is 0 Å². The largest absolute Gasteiger partial charge is 0.294 e. The minimum Gasteiger partial charge on any atom is -0.294 e. The number of alkyl halides is 1. The van der Waals surface area contributed by atoms with Gasteiger partial charge >= 0.3 is 0 Å². The van der Waals surface area contributed by atoms with Crippen LogP contribution in [0.4, 0.5) is 13.2 Å². The van der Waals surface area contributed by atoms with E-state index in [0.717, 1.165) is 23.9 Å². The fourth-order valence-corrected chi connectivity index (χ4v) is 1.64. The molecular weight excluding hydrogens is 285 g/mol. The molecule has 0 aliphatic rings. The van der Waals surface area contributed by atoms with E-state index in [4.69, 9.17) is 0 Å². The number of hydrogen-bond acceptors (Lipinski definition) is 1. The van der Waals surface area contributed by atoms with E-state index in [1.807, 2.05) is 0 Å². The second kappa shape index (κ2) is 6.03. The van der Waals surface area contributed by atoms with Crippen molar-refractivity contribution in [3.05, 3.63) is 35.1 Å². The van der Waals surface area contributed by atoms with E-state index in [9.17, 15) is 18.0 Å². The summed E-state index contributed by atoms with van der Waals surface area (Å²) in [7, 11) is 0. The maximum absolute atomic E-state index is 12.8. The molecule has 0 radical (unpaired) electrons. The number of halogens is 4. The summed E-state index contributed by atoms with van der Waals surface area (Å²) in [6.45, 7) is 0. The first-order valence-corrected chi connectivity index (χ1v) is 5.92. The third-order valence-electron chi connectivity index (χ3n) is 2.09. The van der Waals surface area contributed by atoms with Crippen LogP contribution in [0.3, 0.4) is 0 Å². The number of carbonyl (C=O) groups excluding carboxylic acids is 1. The van der Waals surface area contributed by atoms with Crippen LogP contribution in [0.15, 0.2) is 12.1 Å². The number of hydrogen-bond donors (Lipinski definition) is 0. The predicted octanol–water partition coefficient (Wildman–Crippen LogP) is 3.85. The molecule has 5 heteroatoms. The Morgan fingerprint density at radius 2 is 1.69 bits per heavy atom. The van der Waals surface area contributed by atoms with Crippen LogP contribution < -0.4 is 0 Å². The van der Waals surface area contributed by atoms with E-state index in [2.05, 4.69) is 15.9 Å². The van der Waals surface area contributed by atoms with Gasteiger partial charge in [-0.15, -0.1) is 0 Å². The van der Waals surface area contributed by atoms with Crippen LogP contribution in [0.2, 0.25) is 0 Å². The molecule has 1 aromatic carbocycles. The van der Waals surface area contributed by atoms with Crippen LogP contribution in [0.25, 0.3) is 0 Å². The highest BCUT2D eigenvalue weighted by Crippen LogP contribution is 2.15. The van der Waals surface area contributed by atoms with Gasteiger partial charge in [-0.2, -0.15) is 0 Å². The van der Waals surface area contributed by atoms with Crippen molar-refractivity contribution >= 4 is 21.7 Å².